The van der Waals surface area contributed by atoms with Crippen LogP contribution < -0.4 is 5.32 Å². The van der Waals surface area contributed by atoms with Gasteiger partial charge in [-0.15, -0.1) is 0 Å². The highest BCUT2D eigenvalue weighted by molar-refractivity contribution is 6.30. The minimum atomic E-state index is -0.214. The van der Waals surface area contributed by atoms with Crippen LogP contribution in [0.1, 0.15) is 34.3 Å². The number of hydrogen-bond acceptors (Lipinski definition) is 3. The highest BCUT2D eigenvalue weighted by atomic mass is 35.5. The number of likely N-dealkylation sites (tertiary alicyclic amines) is 1. The molecule has 6 heteroatoms. The first kappa shape index (κ1) is 18.9. The maximum Gasteiger partial charge on any atom is 0.253 e. The Labute approximate surface area is 163 Å². The molecule has 5 nitrogen and oxygen atoms in total. The summed E-state index contributed by atoms with van der Waals surface area (Å²) < 4.78 is 0. The van der Waals surface area contributed by atoms with Crippen molar-refractivity contribution < 1.29 is 9.59 Å². The second kappa shape index (κ2) is 8.70. The predicted octanol–water partition coefficient (Wildman–Crippen LogP) is 3.38. The number of carbonyl (C=O) groups is 2. The van der Waals surface area contributed by atoms with E-state index in [1.807, 2.05) is 12.1 Å². The first-order valence-corrected chi connectivity index (χ1v) is 9.26. The van der Waals surface area contributed by atoms with Gasteiger partial charge in [0.2, 0.25) is 5.91 Å². The van der Waals surface area contributed by atoms with Gasteiger partial charge in [0.25, 0.3) is 5.91 Å². The number of nitrogens with one attached hydrogen (secondary N) is 1. The Morgan fingerprint density at radius 3 is 2.52 bits per heavy atom. The minimum Gasteiger partial charge on any atom is -0.352 e. The molecular weight excluding hydrogens is 362 g/mol. The van der Waals surface area contributed by atoms with E-state index < -0.39 is 0 Å². The molecule has 0 aromatic heterocycles. The van der Waals surface area contributed by atoms with E-state index in [4.69, 9.17) is 16.9 Å². The number of carbonyl (C=O) groups excluding carboxylic acids is 2. The molecule has 2 amide bonds. The number of nitriles is 1. The lowest BCUT2D eigenvalue weighted by Gasteiger charge is -2.32. The van der Waals surface area contributed by atoms with Gasteiger partial charge in [-0.05, 0) is 54.8 Å². The lowest BCUT2D eigenvalue weighted by Crippen LogP contribution is -2.45. The van der Waals surface area contributed by atoms with Crippen LogP contribution in [0.15, 0.2) is 48.5 Å². The molecular formula is C21H20ClN3O2. The fourth-order valence-corrected chi connectivity index (χ4v) is 3.31. The summed E-state index contributed by atoms with van der Waals surface area (Å²) in [6, 6.07) is 16.0. The van der Waals surface area contributed by atoms with Crippen LogP contribution in [-0.4, -0.2) is 29.8 Å². The van der Waals surface area contributed by atoms with Crippen molar-refractivity contribution in [2.45, 2.75) is 19.4 Å². The monoisotopic (exact) mass is 381 g/mol. The van der Waals surface area contributed by atoms with Crippen LogP contribution in [0.3, 0.4) is 0 Å². The van der Waals surface area contributed by atoms with E-state index >= 15 is 0 Å². The van der Waals surface area contributed by atoms with Gasteiger partial charge in [-0.1, -0.05) is 23.7 Å². The zero-order chi connectivity index (χ0) is 19.2. The second-order valence-corrected chi connectivity index (χ2v) is 7.06. The molecule has 0 bridgehead atoms. The summed E-state index contributed by atoms with van der Waals surface area (Å²) in [7, 11) is 0. The van der Waals surface area contributed by atoms with Gasteiger partial charge in [-0.2, -0.15) is 5.26 Å². The summed E-state index contributed by atoms with van der Waals surface area (Å²) in [4.78, 5) is 26.9. The third-order valence-electron chi connectivity index (χ3n) is 4.72. The van der Waals surface area contributed by atoms with E-state index in [1.54, 1.807) is 41.3 Å². The molecule has 1 aliphatic heterocycles. The number of rotatable bonds is 4. The number of benzene rings is 2. The fourth-order valence-electron chi connectivity index (χ4n) is 3.18. The number of piperidine rings is 1. The summed E-state index contributed by atoms with van der Waals surface area (Å²) in [5.41, 5.74) is 2.11. The Balaban J connectivity index is 1.56. The molecule has 1 unspecified atom stereocenters. The highest BCUT2D eigenvalue weighted by Crippen LogP contribution is 2.20. The zero-order valence-corrected chi connectivity index (χ0v) is 15.6. The van der Waals surface area contributed by atoms with Crippen molar-refractivity contribution in [3.05, 3.63) is 70.2 Å². The second-order valence-electron chi connectivity index (χ2n) is 6.62. The van der Waals surface area contributed by atoms with E-state index in [9.17, 15) is 9.59 Å². The van der Waals surface area contributed by atoms with Crippen molar-refractivity contribution >= 4 is 23.4 Å². The summed E-state index contributed by atoms with van der Waals surface area (Å²) in [6.07, 6.45) is 1.57. The van der Waals surface area contributed by atoms with Crippen molar-refractivity contribution in [1.82, 2.24) is 10.2 Å². The number of nitrogens with zero attached hydrogens (tertiary/aromatic N) is 2. The normalized spacial score (nSPS) is 16.4. The van der Waals surface area contributed by atoms with Crippen molar-refractivity contribution in [2.24, 2.45) is 5.92 Å². The van der Waals surface area contributed by atoms with Crippen LogP contribution in [-0.2, 0) is 11.3 Å². The molecule has 1 saturated heterocycles. The molecule has 1 atom stereocenters. The SMILES string of the molecule is N#Cc1ccc(CNC(=O)C2CCCN(C(=O)c3ccc(Cl)cc3)C2)cc1. The standard InChI is InChI=1S/C21H20ClN3O2/c22-19-9-7-17(8-10-19)21(27)25-11-1-2-18(14-25)20(26)24-13-16-5-3-15(12-23)4-6-16/h3-10,18H,1-2,11,13-14H2,(H,24,26). The van der Waals surface area contributed by atoms with Crippen LogP contribution in [0.2, 0.25) is 5.02 Å². The average molecular weight is 382 g/mol. The molecule has 0 aliphatic carbocycles. The van der Waals surface area contributed by atoms with Crippen LogP contribution in [0.5, 0.6) is 0 Å². The quantitative estimate of drug-likeness (QED) is 0.882. The maximum atomic E-state index is 12.6. The number of halogens is 1. The smallest absolute Gasteiger partial charge is 0.253 e. The van der Waals surface area contributed by atoms with E-state index in [0.717, 1.165) is 18.4 Å². The Kier molecular flexibility index (Phi) is 6.10. The molecule has 1 heterocycles. The molecule has 1 N–H and O–H groups in total. The molecule has 27 heavy (non-hydrogen) atoms. The third-order valence-corrected chi connectivity index (χ3v) is 4.97. The first-order chi connectivity index (χ1) is 13.1. The largest absolute Gasteiger partial charge is 0.352 e. The van der Waals surface area contributed by atoms with Crippen molar-refractivity contribution in [3.8, 4) is 6.07 Å². The summed E-state index contributed by atoms with van der Waals surface area (Å²) in [6.45, 7) is 1.48. The summed E-state index contributed by atoms with van der Waals surface area (Å²) in [5.74, 6) is -0.336. The van der Waals surface area contributed by atoms with Gasteiger partial charge in [0.1, 0.15) is 0 Å². The Bertz CT molecular complexity index is 856. The van der Waals surface area contributed by atoms with Crippen molar-refractivity contribution in [1.29, 1.82) is 5.26 Å². The Morgan fingerprint density at radius 1 is 1.15 bits per heavy atom. The molecule has 0 radical (unpaired) electrons. The number of amides is 2. The van der Waals surface area contributed by atoms with E-state index in [2.05, 4.69) is 11.4 Å². The van der Waals surface area contributed by atoms with Crippen LogP contribution in [0, 0.1) is 17.2 Å². The molecule has 1 aliphatic rings. The maximum absolute atomic E-state index is 12.6. The number of hydrogen-bond donors (Lipinski definition) is 1. The van der Waals surface area contributed by atoms with Gasteiger partial charge in [0.15, 0.2) is 0 Å². The molecule has 3 rings (SSSR count). The predicted molar refractivity (Wildman–Crippen MR) is 103 cm³/mol. The van der Waals surface area contributed by atoms with Gasteiger partial charge in [0, 0.05) is 30.2 Å². The third kappa shape index (κ3) is 4.87. The lowest BCUT2D eigenvalue weighted by molar-refractivity contribution is -0.126. The van der Waals surface area contributed by atoms with E-state index in [-0.39, 0.29) is 17.7 Å². The van der Waals surface area contributed by atoms with Gasteiger partial charge >= 0.3 is 0 Å². The average Bonchev–Trinajstić information content (AvgIpc) is 2.72. The highest BCUT2D eigenvalue weighted by Gasteiger charge is 2.28. The molecule has 2 aromatic carbocycles. The van der Waals surface area contributed by atoms with Crippen LogP contribution >= 0.6 is 11.6 Å². The molecule has 0 spiro atoms. The zero-order valence-electron chi connectivity index (χ0n) is 14.8. The molecule has 1 fully saturated rings. The van der Waals surface area contributed by atoms with Crippen molar-refractivity contribution in [2.75, 3.05) is 13.1 Å². The lowest BCUT2D eigenvalue weighted by atomic mass is 9.96. The van der Waals surface area contributed by atoms with E-state index in [1.165, 1.54) is 0 Å². The minimum absolute atomic E-state index is 0.0482. The fraction of sp³-hybridized carbons (Fsp3) is 0.286. The van der Waals surface area contributed by atoms with Gasteiger partial charge in [0.05, 0.1) is 17.6 Å². The Morgan fingerprint density at radius 2 is 1.85 bits per heavy atom. The molecule has 138 valence electrons. The molecule has 2 aromatic rings. The summed E-state index contributed by atoms with van der Waals surface area (Å²) in [5, 5.41) is 12.3. The van der Waals surface area contributed by atoms with Crippen molar-refractivity contribution in [3.63, 3.8) is 0 Å². The van der Waals surface area contributed by atoms with Crippen LogP contribution in [0.25, 0.3) is 0 Å². The van der Waals surface area contributed by atoms with Gasteiger partial charge < -0.3 is 10.2 Å². The van der Waals surface area contributed by atoms with E-state index in [0.29, 0.717) is 35.8 Å². The van der Waals surface area contributed by atoms with Gasteiger partial charge in [-0.3, -0.25) is 9.59 Å². The first-order valence-electron chi connectivity index (χ1n) is 8.88. The molecule has 0 saturated carbocycles. The summed E-state index contributed by atoms with van der Waals surface area (Å²) >= 11 is 5.88. The van der Waals surface area contributed by atoms with Gasteiger partial charge in [-0.25, -0.2) is 0 Å². The Hall–Kier alpha value is -2.84. The topological polar surface area (TPSA) is 73.2 Å². The van der Waals surface area contributed by atoms with Crippen LogP contribution in [0.4, 0.5) is 0 Å².